The molecule has 0 aromatic carbocycles. The average molecular weight is 1530 g/mol. The van der Waals surface area contributed by atoms with E-state index in [0.717, 1.165) is 20.8 Å². The highest BCUT2D eigenvalue weighted by atomic mass is 16.8. The highest BCUT2D eigenvalue weighted by Gasteiger charge is 2.61. The molecular weight excluding hydrogens is 1430 g/mol. The van der Waals surface area contributed by atoms with Crippen molar-refractivity contribution in [3.63, 3.8) is 0 Å². The van der Waals surface area contributed by atoms with Crippen molar-refractivity contribution < 1.29 is 218 Å². The largest absolute Gasteiger partial charge is 0.477 e. The molecule has 8 aliphatic heterocycles. The molecule has 47 nitrogen and oxygen atoms in total. The third-order valence-electron chi connectivity index (χ3n) is 18.8. The van der Waals surface area contributed by atoms with E-state index in [-0.39, 0.29) is 0 Å². The van der Waals surface area contributed by atoms with E-state index in [2.05, 4.69) is 16.0 Å². The van der Waals surface area contributed by atoms with E-state index in [1.54, 1.807) is 0 Å². The number of aliphatic carboxylic acids is 1. The van der Waals surface area contributed by atoms with Gasteiger partial charge in [0.05, 0.1) is 65.0 Å². The van der Waals surface area contributed by atoms with E-state index in [0.29, 0.717) is 0 Å². The summed E-state index contributed by atoms with van der Waals surface area (Å²) in [6.45, 7) is -5.80. The zero-order chi connectivity index (χ0) is 77.0. The molecule has 0 radical (unpaired) electrons. The van der Waals surface area contributed by atoms with Gasteiger partial charge in [0.25, 0.3) is 5.79 Å². The van der Waals surface area contributed by atoms with E-state index in [4.69, 9.17) is 71.1 Å². The smallest absolute Gasteiger partial charge is 0.364 e. The van der Waals surface area contributed by atoms with Crippen molar-refractivity contribution in [3.8, 4) is 0 Å². The molecular formula is C57H95N3O44. The van der Waals surface area contributed by atoms with Crippen LogP contribution < -0.4 is 16.0 Å². The van der Waals surface area contributed by atoms with Crippen molar-refractivity contribution in [2.45, 2.75) is 278 Å². The van der Waals surface area contributed by atoms with Crippen LogP contribution in [0.1, 0.15) is 27.2 Å². The monoisotopic (exact) mass is 1530 g/mol. The number of carboxylic acid groups (broad SMARTS) is 1. The predicted molar refractivity (Wildman–Crippen MR) is 316 cm³/mol. The van der Waals surface area contributed by atoms with Crippen LogP contribution in [0.25, 0.3) is 0 Å². The molecule has 1 unspecified atom stereocenters. The third-order valence-corrected chi connectivity index (χ3v) is 18.8. The van der Waals surface area contributed by atoms with Crippen LogP contribution in [0.4, 0.5) is 0 Å². The molecule has 104 heavy (non-hydrogen) atoms. The molecule has 8 fully saturated rings. The summed E-state index contributed by atoms with van der Waals surface area (Å²) in [5, 5.41) is 279. The van der Waals surface area contributed by atoms with Gasteiger partial charge in [0, 0.05) is 27.2 Å². The van der Waals surface area contributed by atoms with Crippen molar-refractivity contribution >= 4 is 23.7 Å². The van der Waals surface area contributed by atoms with E-state index in [1.807, 2.05) is 0 Å². The molecule has 41 atom stereocenters. The molecule has 47 heteroatoms. The van der Waals surface area contributed by atoms with Gasteiger partial charge in [-0.05, 0) is 0 Å². The minimum absolute atomic E-state index is 0.817. The van der Waals surface area contributed by atoms with Crippen molar-refractivity contribution in [1.29, 1.82) is 0 Å². The Morgan fingerprint density at radius 2 is 0.769 bits per heavy atom. The fourth-order valence-corrected chi connectivity index (χ4v) is 13.1. The summed E-state index contributed by atoms with van der Waals surface area (Å²) in [6.07, 6.45) is -77.8. The van der Waals surface area contributed by atoms with Gasteiger partial charge in [0.15, 0.2) is 44.0 Å². The first-order chi connectivity index (χ1) is 49.0. The van der Waals surface area contributed by atoms with Gasteiger partial charge in [0.1, 0.15) is 189 Å². The molecule has 0 aliphatic carbocycles. The minimum atomic E-state index is -3.04. The maximum atomic E-state index is 12.9. The van der Waals surface area contributed by atoms with Crippen LogP contribution in [0.3, 0.4) is 0 Å². The van der Waals surface area contributed by atoms with E-state index in [1.165, 1.54) is 0 Å². The highest BCUT2D eigenvalue weighted by Crippen LogP contribution is 2.40. The van der Waals surface area contributed by atoms with E-state index >= 15 is 0 Å². The molecule has 3 amide bonds. The average Bonchev–Trinajstić information content (AvgIpc) is 0.774. The zero-order valence-corrected chi connectivity index (χ0v) is 55.4. The lowest BCUT2D eigenvalue weighted by Gasteiger charge is -2.50. The molecule has 8 aliphatic rings. The number of aliphatic hydroxyl groups is 24. The van der Waals surface area contributed by atoms with Crippen molar-refractivity contribution in [2.24, 2.45) is 0 Å². The van der Waals surface area contributed by atoms with Crippen LogP contribution >= 0.6 is 0 Å². The van der Waals surface area contributed by atoms with Crippen molar-refractivity contribution in [3.05, 3.63) is 0 Å². The number of carbonyl (C=O) groups excluding carboxylic acids is 3. The van der Waals surface area contributed by atoms with Crippen molar-refractivity contribution in [1.82, 2.24) is 16.0 Å². The second-order valence-electron chi connectivity index (χ2n) is 26.1. The second kappa shape index (κ2) is 36.9. The summed E-state index contributed by atoms with van der Waals surface area (Å²) < 4.78 is 86.4. The number of ether oxygens (including phenoxy) is 15. The second-order valence-corrected chi connectivity index (χ2v) is 26.1. The van der Waals surface area contributed by atoms with Gasteiger partial charge in [0.2, 0.25) is 17.7 Å². The number of hydrogen-bond donors (Lipinski definition) is 28. The molecule has 8 heterocycles. The molecule has 602 valence electrons. The topological polar surface area (TPSA) is 749 Å². The molecule has 0 aromatic heterocycles. The normalized spacial score (nSPS) is 48.0. The fourth-order valence-electron chi connectivity index (χ4n) is 13.1. The molecule has 0 spiro atoms. The molecule has 0 saturated carbocycles. The summed E-state index contributed by atoms with van der Waals surface area (Å²) in [6, 6.07) is -5.43. The molecule has 28 N–H and O–H groups in total. The predicted octanol–water partition coefficient (Wildman–Crippen LogP) is -18.8. The lowest BCUT2D eigenvalue weighted by Crippen LogP contribution is -2.70. The highest BCUT2D eigenvalue weighted by molar-refractivity contribution is 5.77. The maximum absolute atomic E-state index is 12.9. The van der Waals surface area contributed by atoms with Gasteiger partial charge < -0.3 is 215 Å². The number of carbonyl (C=O) groups is 4. The standard InChI is InChI=1S/C57H95N3O44/c1-13(67)58-25-16(70)4-57(56(88)89,104-45(25)28(72)17(71)5-61)91-12-24-32(76)37(81)41(85)53(98-24)100-44-22(10-66)96-50(26(34(44)78)59-14(2)68)102-47-38(82)30(74)19(7-63)94-54(47)90-11-23-33(77)46(42(86)49(87)92-23)101-55-48(39(83)31(75)20(8-64)95-55)103-51-27(60-15(3)69)35(79)43(21(9-65)97-51)99-52-40(84)36(80)29(73)18(6-62)93-52/h16-55,61-66,70-87H,4-12H2,1-3H3,(H,58,67)(H,59,68)(H,60,69)(H,88,89)/t16-,17+,18+,19+,20+,21+,22+,23+,24+,25+,26+,27+,28+,29-,30+,31+,32-,33+,34+,35+,36-,37-,38-,39-,40+,41+,42-,43+,44+,45+,46-,47-,48-,49?,50-,51-,52-,53-,54-,55+,57+/m0/s1. The molecule has 0 bridgehead atoms. The van der Waals surface area contributed by atoms with Gasteiger partial charge in [-0.25, -0.2) is 4.79 Å². The van der Waals surface area contributed by atoms with Crippen LogP contribution in [0.5, 0.6) is 0 Å². The summed E-state index contributed by atoms with van der Waals surface area (Å²) >= 11 is 0. The summed E-state index contributed by atoms with van der Waals surface area (Å²) in [5.41, 5.74) is 0. The quantitative estimate of drug-likeness (QED) is 0.0346. The van der Waals surface area contributed by atoms with Crippen LogP contribution in [0.2, 0.25) is 0 Å². The lowest BCUT2D eigenvalue weighted by atomic mass is 9.88. The summed E-state index contributed by atoms with van der Waals surface area (Å²) in [5.74, 6) is -7.72. The number of carboxylic acids is 1. The van der Waals surface area contributed by atoms with Crippen LogP contribution in [0.15, 0.2) is 0 Å². The van der Waals surface area contributed by atoms with Crippen LogP contribution in [0, 0.1) is 0 Å². The summed E-state index contributed by atoms with van der Waals surface area (Å²) in [4.78, 5) is 50.4. The van der Waals surface area contributed by atoms with Crippen LogP contribution in [-0.4, -0.2) is 455 Å². The van der Waals surface area contributed by atoms with E-state index < -0.39 is 334 Å². The van der Waals surface area contributed by atoms with Crippen molar-refractivity contribution in [2.75, 3.05) is 52.9 Å². The number of rotatable bonds is 28. The Morgan fingerprint density at radius 1 is 0.394 bits per heavy atom. The van der Waals surface area contributed by atoms with Crippen LogP contribution in [-0.2, 0) is 90.2 Å². The first-order valence-electron chi connectivity index (χ1n) is 32.8. The lowest BCUT2D eigenvalue weighted by molar-refractivity contribution is -0.391. The van der Waals surface area contributed by atoms with Gasteiger partial charge >= 0.3 is 5.97 Å². The number of nitrogens with one attached hydrogen (secondary N) is 3. The molecule has 8 rings (SSSR count). The Kier molecular flexibility index (Phi) is 30.5. The molecule has 8 saturated heterocycles. The number of amides is 3. The fraction of sp³-hybridized carbons (Fsp3) is 0.930. The zero-order valence-electron chi connectivity index (χ0n) is 55.4. The third kappa shape index (κ3) is 18.7. The van der Waals surface area contributed by atoms with Gasteiger partial charge in [-0.15, -0.1) is 0 Å². The Hall–Kier alpha value is -3.68. The first-order valence-corrected chi connectivity index (χ1v) is 32.8. The van der Waals surface area contributed by atoms with Gasteiger partial charge in [-0.1, -0.05) is 0 Å². The molecule has 0 aromatic rings. The SMILES string of the molecule is CC(=O)N[C@H]1[C@H](O[C@@H]2[C@@H](OC[C@H]3OC(O)[C@@H](O)[C@@H](O[C@H]4O[C@H](CO)[C@@H](O)[C@H](O)[C@@H]4O[C@@H]4O[C@H](CO)[C@@H](O[C@@H]5O[C@H](CO)[C@H](O)[C@H](O)[C@H]5O)[C@H](O)[C@H]4NC(C)=O)[C@@H]3O)O[C@H](CO)[C@@H](O)[C@@H]2O)O[C@H](CO)[C@@H](O[C@@H]2O[C@H](CO[C@]3(C(=O)O)C[C@H](O)[C@@H](NC(C)=O)[C@H]([C@H](O)[C@H](O)CO)O3)[C@H](O)[C@H](O)[C@H]2O)[C@@H]1O. The Balaban J connectivity index is 0.979. The first kappa shape index (κ1) is 85.9. The maximum Gasteiger partial charge on any atom is 0.364 e. The Labute approximate surface area is 587 Å². The summed E-state index contributed by atoms with van der Waals surface area (Å²) in [7, 11) is 0. The minimum Gasteiger partial charge on any atom is -0.477 e. The van der Waals surface area contributed by atoms with E-state index in [9.17, 15) is 147 Å². The Bertz CT molecular complexity index is 2740. The Morgan fingerprint density at radius 3 is 1.21 bits per heavy atom. The van der Waals surface area contributed by atoms with Gasteiger partial charge in [-0.3, -0.25) is 14.4 Å². The number of hydrogen-bond acceptors (Lipinski definition) is 43. The number of aliphatic hydroxyl groups excluding tert-OH is 24. The van der Waals surface area contributed by atoms with Gasteiger partial charge in [-0.2, -0.15) is 0 Å².